The molecule has 10 unspecified atom stereocenters. The maximum absolute atomic E-state index is 15.5. The van der Waals surface area contributed by atoms with Crippen LogP contribution in [0.15, 0.2) is 88.8 Å². The Morgan fingerprint density at radius 1 is 0.750 bits per heavy atom. The van der Waals surface area contributed by atoms with Crippen molar-refractivity contribution in [3.63, 3.8) is 0 Å². The van der Waals surface area contributed by atoms with Crippen LogP contribution in [0, 0.1) is 12.8 Å². The van der Waals surface area contributed by atoms with Gasteiger partial charge in [-0.15, -0.1) is 10.2 Å². The lowest BCUT2D eigenvalue weighted by Crippen LogP contribution is -2.65. The molecule has 6 heterocycles. The second-order valence-electron chi connectivity index (χ2n) is 30.9. The number of benzene rings is 5. The van der Waals surface area contributed by atoms with Crippen LogP contribution in [0.5, 0.6) is 46.0 Å². The smallest absolute Gasteiger partial charge is 0.330 e. The number of hydrogen-bond acceptors (Lipinski definition) is 28. The van der Waals surface area contributed by atoms with Gasteiger partial charge >= 0.3 is 5.97 Å². The van der Waals surface area contributed by atoms with Crippen molar-refractivity contribution in [2.45, 2.75) is 233 Å². The summed E-state index contributed by atoms with van der Waals surface area (Å²) in [4.78, 5) is 127. The predicted octanol–water partition coefficient (Wildman–Crippen LogP) is 4.88. The number of fused-ring (bicyclic) bond motifs is 8. The van der Waals surface area contributed by atoms with E-state index in [0.717, 1.165) is 99.5 Å². The molecule has 6 aromatic rings. The number of likely N-dealkylation sites (N-methyl/N-ethyl adjacent to an activating group) is 1. The number of hydrogen-bond donors (Lipinski definition) is 19. The van der Waals surface area contributed by atoms with E-state index in [2.05, 4.69) is 59.3 Å². The number of nitrogens with two attached hydrogens (primary N) is 2. The number of halogens is 2. The highest BCUT2D eigenvalue weighted by molar-refractivity contribution is 7.99. The summed E-state index contributed by atoms with van der Waals surface area (Å²) >= 11 is 15.3. The van der Waals surface area contributed by atoms with E-state index in [9.17, 15) is 79.5 Å². The minimum Gasteiger partial charge on any atom is -0.508 e. The molecule has 8 bridgehead atoms. The minimum absolute atomic E-state index is 0.0254. The van der Waals surface area contributed by atoms with Crippen LogP contribution in [-0.4, -0.2) is 207 Å². The van der Waals surface area contributed by atoms with Crippen molar-refractivity contribution in [3.05, 3.63) is 133 Å². The summed E-state index contributed by atoms with van der Waals surface area (Å²) in [5.41, 5.74) is 7.31. The molecule has 21 N–H and O–H groups in total. The number of aliphatic hydroxyl groups is 5. The fourth-order valence-electron chi connectivity index (χ4n) is 14.6. The number of nitrogens with zero attached hydrogens (tertiary/aromatic N) is 2. The van der Waals surface area contributed by atoms with E-state index in [-0.39, 0.29) is 84.7 Å². The number of aryl methyl sites for hydroxylation is 1. The van der Waals surface area contributed by atoms with Gasteiger partial charge in [-0.05, 0) is 137 Å². The summed E-state index contributed by atoms with van der Waals surface area (Å²) in [6.45, 7) is 12.5. The van der Waals surface area contributed by atoms with Gasteiger partial charge in [0, 0.05) is 40.5 Å². The molecule has 7 amide bonds. The van der Waals surface area contributed by atoms with E-state index < -0.39 is 214 Å². The van der Waals surface area contributed by atoms with Crippen LogP contribution in [-0.2, 0) is 52.6 Å². The average Bonchev–Trinajstić information content (AvgIpc) is 0.760. The highest BCUT2D eigenvalue weighted by Gasteiger charge is 2.52. The molecule has 0 aliphatic carbocycles. The molecule has 5 aliphatic rings. The Balaban J connectivity index is 1.14. The maximum atomic E-state index is 15.5. The average molecular weight is 1730 g/mol. The van der Waals surface area contributed by atoms with E-state index >= 15 is 9.59 Å². The molecule has 120 heavy (non-hydrogen) atoms. The van der Waals surface area contributed by atoms with Gasteiger partial charge in [-0.3, -0.25) is 43.3 Å². The number of aromatic nitrogens is 3. The molecule has 11 rings (SSSR count). The fraction of sp³-hybridized carbons (Fsp3) is 0.494. The fourth-order valence-corrected chi connectivity index (χ4v) is 15.9. The zero-order valence-electron chi connectivity index (χ0n) is 67.0. The molecule has 0 spiro atoms. The lowest BCUT2D eigenvalue weighted by molar-refractivity contribution is -0.330. The summed E-state index contributed by atoms with van der Waals surface area (Å²) in [5.74, 6) is -15.7. The number of rotatable bonds is 32. The number of phenols is 3. The Bertz CT molecular complexity index is 4820. The highest BCUT2D eigenvalue weighted by Crippen LogP contribution is 2.50. The van der Waals surface area contributed by atoms with Gasteiger partial charge in [0.25, 0.3) is 5.56 Å². The van der Waals surface area contributed by atoms with Gasteiger partial charge in [-0.2, -0.15) is 0 Å². The van der Waals surface area contributed by atoms with E-state index in [4.69, 9.17) is 63.1 Å². The highest BCUT2D eigenvalue weighted by atomic mass is 35.5. The number of thioether (sulfide) groups is 1. The molecule has 0 saturated carbocycles. The summed E-state index contributed by atoms with van der Waals surface area (Å²) in [6, 6.07) is 3.79. The zero-order chi connectivity index (χ0) is 87.5. The quantitative estimate of drug-likeness (QED) is 0.0197. The summed E-state index contributed by atoms with van der Waals surface area (Å²) < 4.78 is 40.4. The van der Waals surface area contributed by atoms with Crippen molar-refractivity contribution in [2.24, 2.45) is 17.4 Å². The molecule has 1 aromatic heterocycles. The molecule has 5 aromatic carbocycles. The Labute approximate surface area is 703 Å². The number of ether oxygens (including phenoxy) is 6. The number of amides is 7. The van der Waals surface area contributed by atoms with Crippen LogP contribution < -0.4 is 68.5 Å². The van der Waals surface area contributed by atoms with Gasteiger partial charge in [-0.25, -0.2) is 4.79 Å². The SMILES string of the molecule is CCCCCCCCCCNC1(C)CC(OC2C(Oc3c4cc(cc3Oc3ccc([C@@H](O)[C@@H](NC(=O)[C@@H](CC(C)C)NC)C(=O)N[C@@H](CC(N)=O)C(N)=O)cc3Cl)[C@@H](C)C(=O)N[C@H]3C(=O)NC(C(=O)N[C@@H](C(=O)O)c5cc(O)cc(O)c5-c5cc3ccc5O)[C@H](O)c3ccc(c(Cl)c3)O4)OC(CSc3nnc(C)c(=O)[nH]3)C(O)C2O)OC(C)C1O. The normalized spacial score (nSPS) is 24.7. The second kappa shape index (κ2) is 40.6. The van der Waals surface area contributed by atoms with Gasteiger partial charge in [0.15, 0.2) is 35.1 Å². The van der Waals surface area contributed by atoms with E-state index in [1.165, 1.54) is 63.4 Å². The molecule has 2 fully saturated rings. The molecule has 36 nitrogen and oxygen atoms in total. The van der Waals surface area contributed by atoms with Crippen LogP contribution in [0.3, 0.4) is 0 Å². The number of unbranched alkanes of at least 4 members (excludes halogenated alkanes) is 7. The lowest BCUT2D eigenvalue weighted by Gasteiger charge is -2.48. The predicted molar refractivity (Wildman–Crippen MR) is 433 cm³/mol. The van der Waals surface area contributed by atoms with Crippen LogP contribution in [0.2, 0.25) is 10.0 Å². The second-order valence-corrected chi connectivity index (χ2v) is 32.7. The molecule has 2 saturated heterocycles. The van der Waals surface area contributed by atoms with Gasteiger partial charge in [0.05, 0.1) is 46.7 Å². The molecular formula is C81H102Cl2N12O24S. The Morgan fingerprint density at radius 3 is 2.12 bits per heavy atom. The number of aliphatic hydroxyl groups excluding tert-OH is 5. The van der Waals surface area contributed by atoms with Crippen LogP contribution in [0.4, 0.5) is 0 Å². The third-order valence-corrected chi connectivity index (χ3v) is 22.9. The van der Waals surface area contributed by atoms with Crippen molar-refractivity contribution in [1.82, 2.24) is 52.4 Å². The van der Waals surface area contributed by atoms with Crippen LogP contribution in [0.1, 0.15) is 176 Å². The van der Waals surface area contributed by atoms with Gasteiger partial charge in [0.2, 0.25) is 53.4 Å². The summed E-state index contributed by atoms with van der Waals surface area (Å²) in [7, 11) is 1.50. The molecular weight excluding hydrogens is 1630 g/mol. The molecule has 18 atom stereocenters. The maximum Gasteiger partial charge on any atom is 0.330 e. The minimum atomic E-state index is -2.19. The number of aromatic amines is 1. The van der Waals surface area contributed by atoms with E-state index in [1.807, 2.05) is 13.8 Å². The standard InChI is InChI=1S/C81H102Cl2N12O24S/c1-9-10-11-12-13-14-15-16-23-87-81(7)33-58(114-38(6)70(81)104)118-69-67(103)66(102)56(34-120-80-93-73(107)37(5)94-95-80)117-79(69)119-68-54(115-52-21-18-40(26-46(52)82)64(100)62(91-74(108)49(86-8)24-35(2)3)76(110)88-48(71(85)105)32-57(84)99)28-42-29-55(68)116-53-22-19-41(27-47(53)83)65(101)63-77(111)90-61(78(112)113)45-30-43(96)31-51(98)59(45)44-25-39(17-20-50(44)97)60(75(109)92-63)89-72(106)36(42)4/h17-22,25-31,35-36,38,48-49,56,58,60-67,69-70,79,86-87,96-98,100-104H,9-16,23-24,32-34H2,1-8H3,(H2,84,99)(H2,85,105)(H,88,110)(H,89,106)(H,90,111)(H,91,108)(H,92,109)(H,112,113)(H,93,95,107)/t36-,38?,48+,49-,56?,58?,60-,61-,62-,63?,64-,65-,66?,67?,69?,70?,79?,81?/m1/s1. The number of carbonyl (C=O) groups is 8. The largest absolute Gasteiger partial charge is 0.508 e. The topological polar surface area (TPSA) is 569 Å². The van der Waals surface area contributed by atoms with Crippen LogP contribution >= 0.6 is 35.0 Å². The molecule has 0 radical (unpaired) electrons. The first kappa shape index (κ1) is 92.3. The van der Waals surface area contributed by atoms with Crippen molar-refractivity contribution >= 4 is 82.3 Å². The van der Waals surface area contributed by atoms with Gasteiger partial charge in [0.1, 0.15) is 83.0 Å². The van der Waals surface area contributed by atoms with Crippen molar-refractivity contribution in [1.29, 1.82) is 0 Å². The Kier molecular flexibility index (Phi) is 31.2. The Hall–Kier alpha value is -10.0. The Morgan fingerprint density at radius 2 is 1.46 bits per heavy atom. The number of carbonyl (C=O) groups excluding carboxylic acids is 7. The monoisotopic (exact) mass is 1730 g/mol. The zero-order valence-corrected chi connectivity index (χ0v) is 69.3. The third-order valence-electron chi connectivity index (χ3n) is 21.4. The third kappa shape index (κ3) is 22.2. The van der Waals surface area contributed by atoms with E-state index in [0.29, 0.717) is 6.54 Å². The molecule has 39 heteroatoms. The van der Waals surface area contributed by atoms with Crippen molar-refractivity contribution in [2.75, 3.05) is 19.3 Å². The van der Waals surface area contributed by atoms with Gasteiger partial charge < -0.3 is 123 Å². The number of carboxylic acids is 1. The number of aromatic hydroxyl groups is 3. The number of carboxylic acid groups (broad SMARTS) is 1. The van der Waals surface area contributed by atoms with E-state index in [1.54, 1.807) is 13.8 Å². The van der Waals surface area contributed by atoms with Crippen molar-refractivity contribution in [3.8, 4) is 57.1 Å². The number of phenolic OH excluding ortho intramolecular Hbond substituents is 3. The van der Waals surface area contributed by atoms with Crippen molar-refractivity contribution < 1.29 is 113 Å². The summed E-state index contributed by atoms with van der Waals surface area (Å²) in [6.07, 6.45) is -9.02. The molecule has 5 aliphatic heterocycles. The number of nitrogens with one attached hydrogen (secondary N) is 8. The first-order chi connectivity index (χ1) is 56.9. The first-order valence-electron chi connectivity index (χ1n) is 39.2. The summed E-state index contributed by atoms with van der Waals surface area (Å²) in [5, 5.41) is 132. The molecule has 650 valence electrons. The van der Waals surface area contributed by atoms with Crippen LogP contribution in [0.25, 0.3) is 11.1 Å². The number of H-pyrrole nitrogens is 1. The first-order valence-corrected chi connectivity index (χ1v) is 41.0. The lowest BCUT2D eigenvalue weighted by atomic mass is 9.85. The van der Waals surface area contributed by atoms with Gasteiger partial charge in [-0.1, -0.05) is 119 Å². The number of aliphatic carboxylic acids is 1. The number of primary amides is 2.